The molecule has 0 aliphatic carbocycles. The van der Waals surface area contributed by atoms with Crippen molar-refractivity contribution in [2.75, 3.05) is 11.5 Å². The highest BCUT2D eigenvalue weighted by Gasteiger charge is 2.37. The van der Waals surface area contributed by atoms with Crippen molar-refractivity contribution in [2.45, 2.75) is 47.6 Å². The molecule has 1 rings (SSSR count). The Morgan fingerprint density at radius 1 is 0.944 bits per heavy atom. The topological polar surface area (TPSA) is 61.3 Å². The molecule has 18 heavy (non-hydrogen) atoms. The van der Waals surface area contributed by atoms with Gasteiger partial charge in [0, 0.05) is 0 Å². The summed E-state index contributed by atoms with van der Waals surface area (Å²) in [6.45, 7) is 13.0. The van der Waals surface area contributed by atoms with E-state index in [2.05, 4.69) is 41.5 Å². The number of hydrogen-bond donors (Lipinski definition) is 2. The first-order valence-electron chi connectivity index (χ1n) is 6.34. The molecule has 0 spiro atoms. The number of hydrogen-bond acceptors (Lipinski definition) is 3. The third-order valence-corrected chi connectivity index (χ3v) is 2.92. The van der Waals surface area contributed by atoms with Crippen LogP contribution in [0.2, 0.25) is 0 Å². The minimum atomic E-state index is 0.0231. The normalized spacial score (nSPS) is 12.8. The zero-order valence-electron chi connectivity index (χ0n) is 12.4. The molecule has 0 aromatic heterocycles. The van der Waals surface area contributed by atoms with Crippen molar-refractivity contribution < 1.29 is 4.74 Å². The second-order valence-electron chi connectivity index (χ2n) is 6.99. The molecule has 0 saturated heterocycles. The molecule has 0 saturated carbocycles. The quantitative estimate of drug-likeness (QED) is 0.787. The number of nitrogen functional groups attached to an aromatic ring is 2. The highest BCUT2D eigenvalue weighted by atomic mass is 16.5. The maximum Gasteiger partial charge on any atom is 0.144 e. The van der Waals surface area contributed by atoms with Gasteiger partial charge in [0.25, 0.3) is 0 Å². The molecule has 3 heteroatoms. The van der Waals surface area contributed by atoms with Crippen molar-refractivity contribution in [1.82, 2.24) is 0 Å². The van der Waals surface area contributed by atoms with Crippen molar-refractivity contribution in [3.63, 3.8) is 0 Å². The van der Waals surface area contributed by atoms with Gasteiger partial charge < -0.3 is 16.2 Å². The van der Waals surface area contributed by atoms with Gasteiger partial charge in [-0.05, 0) is 23.0 Å². The van der Waals surface area contributed by atoms with Crippen LogP contribution in [-0.4, -0.2) is 6.10 Å². The lowest BCUT2D eigenvalue weighted by atomic mass is 9.74. The monoisotopic (exact) mass is 250 g/mol. The lowest BCUT2D eigenvalue weighted by Crippen LogP contribution is -2.43. The zero-order valence-corrected chi connectivity index (χ0v) is 12.4. The van der Waals surface area contributed by atoms with Gasteiger partial charge in [-0.2, -0.15) is 0 Å². The third kappa shape index (κ3) is 3.31. The number of benzene rings is 1. The Morgan fingerprint density at radius 3 is 1.89 bits per heavy atom. The Hall–Kier alpha value is -1.38. The van der Waals surface area contributed by atoms with Crippen LogP contribution in [0.4, 0.5) is 11.4 Å². The Labute approximate surface area is 111 Å². The third-order valence-electron chi connectivity index (χ3n) is 2.92. The number of anilines is 2. The highest BCUT2D eigenvalue weighted by molar-refractivity contribution is 5.70. The summed E-state index contributed by atoms with van der Waals surface area (Å²) in [6.07, 6.45) is 0.0501. The van der Waals surface area contributed by atoms with Crippen LogP contribution in [0.1, 0.15) is 41.5 Å². The van der Waals surface area contributed by atoms with Crippen LogP contribution in [0.5, 0.6) is 5.75 Å². The summed E-state index contributed by atoms with van der Waals surface area (Å²) < 4.78 is 6.15. The minimum Gasteiger partial charge on any atom is -0.487 e. The summed E-state index contributed by atoms with van der Waals surface area (Å²) in [5.74, 6) is 0.671. The van der Waals surface area contributed by atoms with Gasteiger partial charge >= 0.3 is 0 Å². The molecule has 0 fully saturated rings. The lowest BCUT2D eigenvalue weighted by Gasteiger charge is -2.40. The predicted octanol–water partition coefficient (Wildman–Crippen LogP) is 3.69. The van der Waals surface area contributed by atoms with Crippen LogP contribution < -0.4 is 16.2 Å². The molecule has 0 amide bonds. The van der Waals surface area contributed by atoms with E-state index in [4.69, 9.17) is 16.2 Å². The van der Waals surface area contributed by atoms with E-state index < -0.39 is 0 Å². The largest absolute Gasteiger partial charge is 0.487 e. The van der Waals surface area contributed by atoms with Crippen LogP contribution in [-0.2, 0) is 0 Å². The van der Waals surface area contributed by atoms with E-state index in [0.717, 1.165) is 0 Å². The van der Waals surface area contributed by atoms with E-state index in [1.807, 2.05) is 12.1 Å². The SMILES string of the molecule is CC(C)(C)C(Oc1cccc(N)c1N)C(C)(C)C. The maximum atomic E-state index is 6.15. The molecule has 4 N–H and O–H groups in total. The van der Waals surface area contributed by atoms with Crippen molar-refractivity contribution in [2.24, 2.45) is 10.8 Å². The predicted molar refractivity (Wildman–Crippen MR) is 78.6 cm³/mol. The van der Waals surface area contributed by atoms with Gasteiger partial charge in [0.15, 0.2) is 0 Å². The van der Waals surface area contributed by atoms with Gasteiger partial charge in [0.1, 0.15) is 11.9 Å². The zero-order chi connectivity index (χ0) is 14.1. The molecule has 0 aliphatic heterocycles. The first-order valence-corrected chi connectivity index (χ1v) is 6.34. The van der Waals surface area contributed by atoms with Gasteiger partial charge in [0.2, 0.25) is 0 Å². The van der Waals surface area contributed by atoms with Crippen molar-refractivity contribution >= 4 is 11.4 Å². The van der Waals surface area contributed by atoms with Crippen molar-refractivity contribution in [1.29, 1.82) is 0 Å². The van der Waals surface area contributed by atoms with Crippen LogP contribution in [0.15, 0.2) is 18.2 Å². The average molecular weight is 250 g/mol. The fraction of sp³-hybridized carbons (Fsp3) is 0.600. The molecule has 3 nitrogen and oxygen atoms in total. The van der Waals surface area contributed by atoms with E-state index in [0.29, 0.717) is 17.1 Å². The van der Waals surface area contributed by atoms with Gasteiger partial charge in [-0.1, -0.05) is 47.6 Å². The summed E-state index contributed by atoms with van der Waals surface area (Å²) in [7, 11) is 0. The van der Waals surface area contributed by atoms with E-state index in [9.17, 15) is 0 Å². The van der Waals surface area contributed by atoms with Crippen LogP contribution in [0, 0.1) is 10.8 Å². The van der Waals surface area contributed by atoms with Crippen molar-refractivity contribution in [3.8, 4) is 5.75 Å². The van der Waals surface area contributed by atoms with Gasteiger partial charge in [-0.15, -0.1) is 0 Å². The number of para-hydroxylation sites is 1. The maximum absolute atomic E-state index is 6.15. The lowest BCUT2D eigenvalue weighted by molar-refractivity contribution is -0.00111. The molecule has 1 aromatic carbocycles. The number of ether oxygens (including phenoxy) is 1. The summed E-state index contributed by atoms with van der Waals surface area (Å²) in [6, 6.07) is 5.52. The van der Waals surface area contributed by atoms with Crippen LogP contribution in [0.3, 0.4) is 0 Å². The van der Waals surface area contributed by atoms with Gasteiger partial charge in [-0.25, -0.2) is 0 Å². The second-order valence-corrected chi connectivity index (χ2v) is 6.99. The molecule has 0 atom stereocenters. The summed E-state index contributed by atoms with van der Waals surface area (Å²) in [4.78, 5) is 0. The van der Waals surface area contributed by atoms with Crippen molar-refractivity contribution in [3.05, 3.63) is 18.2 Å². The standard InChI is InChI=1S/C15H26N2O/c1-14(2,3)13(15(4,5)6)18-11-9-7-8-10(16)12(11)17/h7-9,13H,16-17H2,1-6H3. The molecule has 0 heterocycles. The summed E-state index contributed by atoms with van der Waals surface area (Å²) in [5.41, 5.74) is 12.9. The first-order chi connectivity index (χ1) is 8.03. The molecule has 0 aliphatic rings. The van der Waals surface area contributed by atoms with Gasteiger partial charge in [-0.3, -0.25) is 0 Å². The Morgan fingerprint density at radius 2 is 1.44 bits per heavy atom. The highest BCUT2D eigenvalue weighted by Crippen LogP contribution is 2.39. The second kappa shape index (κ2) is 4.71. The Balaban J connectivity index is 3.09. The summed E-state index contributed by atoms with van der Waals surface area (Å²) in [5, 5.41) is 0. The molecule has 0 bridgehead atoms. The molecule has 0 unspecified atom stereocenters. The number of nitrogens with two attached hydrogens (primary N) is 2. The Kier molecular flexibility index (Phi) is 3.84. The van der Waals surface area contributed by atoms with E-state index >= 15 is 0 Å². The minimum absolute atomic E-state index is 0.0231. The molecular weight excluding hydrogens is 224 g/mol. The molecule has 102 valence electrons. The summed E-state index contributed by atoms with van der Waals surface area (Å²) >= 11 is 0. The molecule has 0 radical (unpaired) electrons. The first kappa shape index (κ1) is 14.7. The number of rotatable bonds is 2. The fourth-order valence-corrected chi connectivity index (χ4v) is 2.44. The molecule has 1 aromatic rings. The Bertz CT molecular complexity index is 399. The fourth-order valence-electron chi connectivity index (χ4n) is 2.44. The molecular formula is C15H26N2O. The van der Waals surface area contributed by atoms with Crippen LogP contribution >= 0.6 is 0 Å². The van der Waals surface area contributed by atoms with Gasteiger partial charge in [0.05, 0.1) is 11.4 Å². The van der Waals surface area contributed by atoms with E-state index in [1.54, 1.807) is 6.07 Å². The smallest absolute Gasteiger partial charge is 0.144 e. The van der Waals surface area contributed by atoms with E-state index in [1.165, 1.54) is 0 Å². The average Bonchev–Trinajstić information content (AvgIpc) is 2.16. The van der Waals surface area contributed by atoms with E-state index in [-0.39, 0.29) is 16.9 Å². The van der Waals surface area contributed by atoms with Crippen LogP contribution in [0.25, 0.3) is 0 Å².